The summed E-state index contributed by atoms with van der Waals surface area (Å²) < 4.78 is 0. The third-order valence-corrected chi connectivity index (χ3v) is 5.64. The summed E-state index contributed by atoms with van der Waals surface area (Å²) in [5.74, 6) is 0.874. The van der Waals surface area contributed by atoms with Gasteiger partial charge in [0.05, 0.1) is 10.7 Å². The van der Waals surface area contributed by atoms with Crippen LogP contribution in [0.5, 0.6) is 0 Å². The average Bonchev–Trinajstić information content (AvgIpc) is 3.30. The number of aromatic nitrogens is 1. The van der Waals surface area contributed by atoms with Crippen molar-refractivity contribution < 1.29 is 0 Å². The fourth-order valence-corrected chi connectivity index (χ4v) is 3.75. The molecule has 3 heteroatoms. The van der Waals surface area contributed by atoms with Gasteiger partial charge in [-0.15, -0.1) is 0 Å². The van der Waals surface area contributed by atoms with E-state index in [4.69, 9.17) is 11.6 Å². The number of nitrogens with zero attached hydrogens (tertiary/aromatic N) is 1. The van der Waals surface area contributed by atoms with Crippen LogP contribution in [0.15, 0.2) is 37.0 Å². The summed E-state index contributed by atoms with van der Waals surface area (Å²) >= 11 is 6.46. The molecule has 0 spiro atoms. The van der Waals surface area contributed by atoms with Crippen LogP contribution in [0.4, 0.5) is 0 Å². The molecule has 0 radical (unpaired) electrons. The van der Waals surface area contributed by atoms with Gasteiger partial charge in [-0.25, -0.2) is 0 Å². The molecule has 1 aromatic carbocycles. The van der Waals surface area contributed by atoms with E-state index in [0.717, 1.165) is 47.3 Å². The Labute approximate surface area is 149 Å². The first-order valence-electron chi connectivity index (χ1n) is 8.88. The Kier molecular flexibility index (Phi) is 4.32. The molecule has 0 amide bonds. The molecule has 0 atom stereocenters. The van der Waals surface area contributed by atoms with Crippen LogP contribution in [-0.2, 0) is 19.4 Å². The number of pyridine rings is 1. The predicted molar refractivity (Wildman–Crippen MR) is 100 cm³/mol. The summed E-state index contributed by atoms with van der Waals surface area (Å²) in [5.41, 5.74) is 7.19. The number of rotatable bonds is 7. The van der Waals surface area contributed by atoms with Crippen molar-refractivity contribution in [2.24, 2.45) is 5.92 Å². The average molecular weight is 339 g/mol. The third-order valence-electron chi connectivity index (χ3n) is 5.33. The quantitative estimate of drug-likeness (QED) is 0.645. The fraction of sp³-hybridized carbons (Fsp3) is 0.381. The molecule has 0 unspecified atom stereocenters. The molecule has 0 bridgehead atoms. The molecule has 1 aromatic heterocycles. The van der Waals surface area contributed by atoms with Gasteiger partial charge in [0.25, 0.3) is 0 Å². The highest BCUT2D eigenvalue weighted by Gasteiger charge is 2.20. The molecule has 2 nitrogen and oxygen atoms in total. The molecule has 2 aromatic rings. The maximum absolute atomic E-state index is 6.46. The van der Waals surface area contributed by atoms with Gasteiger partial charge in [0.1, 0.15) is 0 Å². The Hall–Kier alpha value is -1.80. The van der Waals surface area contributed by atoms with Gasteiger partial charge in [-0.2, -0.15) is 0 Å². The van der Waals surface area contributed by atoms with Crippen molar-refractivity contribution in [3.63, 3.8) is 0 Å². The molecule has 2 aliphatic carbocycles. The van der Waals surface area contributed by atoms with E-state index in [1.54, 1.807) is 0 Å². The van der Waals surface area contributed by atoms with Crippen LogP contribution < -0.4 is 5.32 Å². The zero-order valence-electron chi connectivity index (χ0n) is 13.9. The van der Waals surface area contributed by atoms with E-state index in [-0.39, 0.29) is 0 Å². The Morgan fingerprint density at radius 2 is 2.12 bits per heavy atom. The first-order valence-corrected chi connectivity index (χ1v) is 9.25. The number of benzene rings is 1. The van der Waals surface area contributed by atoms with E-state index >= 15 is 0 Å². The largest absolute Gasteiger partial charge is 0.381 e. The second kappa shape index (κ2) is 6.60. The van der Waals surface area contributed by atoms with Crippen molar-refractivity contribution in [1.82, 2.24) is 10.3 Å². The first-order chi connectivity index (χ1) is 11.7. The normalized spacial score (nSPS) is 15.5. The van der Waals surface area contributed by atoms with Crippen LogP contribution in [0.2, 0.25) is 5.02 Å². The number of nitrogens with one attached hydrogen (secondary N) is 1. The lowest BCUT2D eigenvalue weighted by atomic mass is 9.81. The Balaban J connectivity index is 1.44. The molecule has 4 rings (SSSR count). The van der Waals surface area contributed by atoms with Gasteiger partial charge in [-0.1, -0.05) is 55.6 Å². The standard InChI is InChI=1S/C21H23ClN2/c1-14(24-13-16-5-7-17-12-18(17)11-16)21-19(22)9-10-23-20(21)8-6-15-3-2-4-15/h5,7,9-11,15,24H,1-4,6,8,12-13H2. The molecule has 0 saturated heterocycles. The van der Waals surface area contributed by atoms with Gasteiger partial charge in [-0.3, -0.25) is 4.98 Å². The van der Waals surface area contributed by atoms with Gasteiger partial charge in [0, 0.05) is 24.0 Å². The Morgan fingerprint density at radius 1 is 1.25 bits per heavy atom. The van der Waals surface area contributed by atoms with Crippen LogP contribution in [0.3, 0.4) is 0 Å². The minimum Gasteiger partial charge on any atom is -0.381 e. The molecule has 0 aliphatic heterocycles. The van der Waals surface area contributed by atoms with Crippen LogP contribution in [0.1, 0.15) is 53.6 Å². The minimum absolute atomic E-state index is 0.742. The lowest BCUT2D eigenvalue weighted by Gasteiger charge is -2.25. The maximum atomic E-state index is 6.46. The highest BCUT2D eigenvalue weighted by molar-refractivity contribution is 6.32. The third kappa shape index (κ3) is 3.34. The first kappa shape index (κ1) is 15.7. The zero-order valence-corrected chi connectivity index (χ0v) is 14.7. The monoisotopic (exact) mass is 338 g/mol. The van der Waals surface area contributed by atoms with Gasteiger partial charge < -0.3 is 5.32 Å². The molecule has 124 valence electrons. The van der Waals surface area contributed by atoms with Gasteiger partial charge >= 0.3 is 0 Å². The molecule has 24 heavy (non-hydrogen) atoms. The van der Waals surface area contributed by atoms with Crippen molar-refractivity contribution in [1.29, 1.82) is 0 Å². The van der Waals surface area contributed by atoms with Crippen LogP contribution in [0.25, 0.3) is 5.70 Å². The smallest absolute Gasteiger partial charge is 0.0532 e. The lowest BCUT2D eigenvalue weighted by Crippen LogP contribution is -2.15. The van der Waals surface area contributed by atoms with Gasteiger partial charge in [0.2, 0.25) is 0 Å². The van der Waals surface area contributed by atoms with E-state index < -0.39 is 0 Å². The van der Waals surface area contributed by atoms with E-state index in [1.165, 1.54) is 42.4 Å². The zero-order chi connectivity index (χ0) is 16.5. The summed E-state index contributed by atoms with van der Waals surface area (Å²) in [6, 6.07) is 8.54. The summed E-state index contributed by atoms with van der Waals surface area (Å²) in [6.07, 6.45) is 9.28. The second-order valence-corrected chi connectivity index (χ2v) is 7.47. The van der Waals surface area contributed by atoms with E-state index in [9.17, 15) is 0 Å². The summed E-state index contributed by atoms with van der Waals surface area (Å²) in [7, 11) is 0. The molecular formula is C21H23ClN2. The summed E-state index contributed by atoms with van der Waals surface area (Å²) in [4.78, 5) is 4.58. The Morgan fingerprint density at radius 3 is 2.88 bits per heavy atom. The maximum Gasteiger partial charge on any atom is 0.0532 e. The number of hydrogen-bond donors (Lipinski definition) is 1. The molecule has 1 saturated carbocycles. The number of halogens is 1. The van der Waals surface area contributed by atoms with Crippen LogP contribution >= 0.6 is 11.6 Å². The van der Waals surface area contributed by atoms with Gasteiger partial charge in [0.15, 0.2) is 0 Å². The van der Waals surface area contributed by atoms with Crippen molar-refractivity contribution in [2.45, 2.75) is 45.1 Å². The van der Waals surface area contributed by atoms with Crippen molar-refractivity contribution >= 4 is 17.3 Å². The molecule has 1 fully saturated rings. The fourth-order valence-electron chi connectivity index (χ4n) is 3.47. The van der Waals surface area contributed by atoms with Gasteiger partial charge in [-0.05, 0) is 47.9 Å². The number of fused-ring (bicyclic) bond motifs is 1. The molecule has 1 heterocycles. The van der Waals surface area contributed by atoms with Crippen LogP contribution in [0, 0.1) is 5.92 Å². The van der Waals surface area contributed by atoms with Crippen LogP contribution in [-0.4, -0.2) is 4.98 Å². The molecule has 2 aliphatic rings. The predicted octanol–water partition coefficient (Wildman–Crippen LogP) is 5.13. The van der Waals surface area contributed by atoms with E-state index in [1.807, 2.05) is 12.3 Å². The SMILES string of the molecule is C=C(NCc1ccc2c(c1)C2)c1c(Cl)ccnc1CCC1CCC1. The lowest BCUT2D eigenvalue weighted by molar-refractivity contribution is 0.295. The molecule has 1 N–H and O–H groups in total. The summed E-state index contributed by atoms with van der Waals surface area (Å²) in [5, 5.41) is 4.19. The topological polar surface area (TPSA) is 24.9 Å². The minimum atomic E-state index is 0.742. The van der Waals surface area contributed by atoms with Crippen molar-refractivity contribution in [2.75, 3.05) is 0 Å². The highest BCUT2D eigenvalue weighted by atomic mass is 35.5. The van der Waals surface area contributed by atoms with E-state index in [0.29, 0.717) is 0 Å². The molecular weight excluding hydrogens is 316 g/mol. The number of aryl methyl sites for hydroxylation is 1. The number of hydrogen-bond acceptors (Lipinski definition) is 2. The Bertz CT molecular complexity index is 777. The second-order valence-electron chi connectivity index (χ2n) is 7.06. The van der Waals surface area contributed by atoms with Crippen molar-refractivity contribution in [3.8, 4) is 0 Å². The summed E-state index contributed by atoms with van der Waals surface area (Å²) in [6.45, 7) is 5.00. The van der Waals surface area contributed by atoms with E-state index in [2.05, 4.69) is 35.1 Å². The highest BCUT2D eigenvalue weighted by Crippen LogP contribution is 2.32. The van der Waals surface area contributed by atoms with Crippen molar-refractivity contribution in [3.05, 3.63) is 70.0 Å².